The number of carbonyl (C=O) groups is 1. The second-order valence-electron chi connectivity index (χ2n) is 6.11. The van der Waals surface area contributed by atoms with Crippen molar-refractivity contribution in [2.45, 2.75) is 38.9 Å². The summed E-state index contributed by atoms with van der Waals surface area (Å²) in [7, 11) is -1.68. The van der Waals surface area contributed by atoms with Gasteiger partial charge in [-0.1, -0.05) is 62.9 Å². The van der Waals surface area contributed by atoms with E-state index in [2.05, 4.69) is 33.9 Å². The fraction of sp³-hybridized carbons (Fsp3) is 0.533. The van der Waals surface area contributed by atoms with Gasteiger partial charge in [0.1, 0.15) is 0 Å². The molecule has 0 saturated carbocycles. The summed E-state index contributed by atoms with van der Waals surface area (Å²) in [5.74, 6) is 0.722. The van der Waals surface area contributed by atoms with E-state index in [-0.39, 0.29) is 10.2 Å². The quantitative estimate of drug-likeness (QED) is 0.587. The summed E-state index contributed by atoms with van der Waals surface area (Å²) in [6, 6.07) is 9.40. The van der Waals surface area contributed by atoms with Crippen LogP contribution in [-0.2, 0) is 4.43 Å². The van der Waals surface area contributed by atoms with Gasteiger partial charge in [-0.05, 0) is 18.1 Å². The fourth-order valence-corrected chi connectivity index (χ4v) is 3.15. The van der Waals surface area contributed by atoms with Crippen LogP contribution in [0.25, 0.3) is 0 Å². The summed E-state index contributed by atoms with van der Waals surface area (Å²) in [5, 5.41) is 0.348. The smallest absolute Gasteiger partial charge is 0.219 e. The molecule has 0 radical (unpaired) electrons. The standard InChI is InChI=1S/C15H24O2SSi/c1-15(2,3)19(4,5)17-11-12-18-14(16)13-9-7-6-8-10-13/h6-10H,11-12H2,1-5H3. The predicted molar refractivity (Wildman–Crippen MR) is 86.4 cm³/mol. The Kier molecular flexibility index (Phi) is 5.83. The molecule has 0 heterocycles. The van der Waals surface area contributed by atoms with E-state index in [1.807, 2.05) is 30.3 Å². The van der Waals surface area contributed by atoms with Crippen molar-refractivity contribution in [1.82, 2.24) is 0 Å². The molecule has 19 heavy (non-hydrogen) atoms. The van der Waals surface area contributed by atoms with Gasteiger partial charge >= 0.3 is 0 Å². The van der Waals surface area contributed by atoms with Crippen molar-refractivity contribution >= 4 is 25.2 Å². The van der Waals surface area contributed by atoms with Gasteiger partial charge in [0.25, 0.3) is 0 Å². The molecule has 0 N–H and O–H groups in total. The maximum Gasteiger partial charge on any atom is 0.219 e. The summed E-state index contributed by atoms with van der Waals surface area (Å²) < 4.78 is 6.05. The van der Waals surface area contributed by atoms with Crippen molar-refractivity contribution in [2.75, 3.05) is 12.4 Å². The topological polar surface area (TPSA) is 26.3 Å². The first kappa shape index (κ1) is 16.5. The lowest BCUT2D eigenvalue weighted by Gasteiger charge is -2.36. The molecule has 0 aliphatic heterocycles. The molecule has 1 aromatic rings. The van der Waals surface area contributed by atoms with E-state index < -0.39 is 8.32 Å². The van der Waals surface area contributed by atoms with Gasteiger partial charge in [0.15, 0.2) is 8.32 Å². The molecule has 0 saturated heterocycles. The molecule has 0 fully saturated rings. The van der Waals surface area contributed by atoms with Gasteiger partial charge in [-0.25, -0.2) is 0 Å². The van der Waals surface area contributed by atoms with Crippen LogP contribution >= 0.6 is 11.8 Å². The first-order valence-corrected chi connectivity index (χ1v) is 10.5. The van der Waals surface area contributed by atoms with Crippen molar-refractivity contribution < 1.29 is 9.22 Å². The molecule has 0 bridgehead atoms. The van der Waals surface area contributed by atoms with Gasteiger partial charge < -0.3 is 4.43 Å². The Hall–Kier alpha value is -0.583. The lowest BCUT2D eigenvalue weighted by Crippen LogP contribution is -2.41. The second kappa shape index (κ2) is 6.73. The van der Waals surface area contributed by atoms with Crippen LogP contribution in [-0.4, -0.2) is 25.8 Å². The highest BCUT2D eigenvalue weighted by Gasteiger charge is 2.36. The molecule has 0 spiro atoms. The Balaban J connectivity index is 2.34. The number of benzene rings is 1. The lowest BCUT2D eigenvalue weighted by molar-refractivity contribution is 0.108. The first-order chi connectivity index (χ1) is 8.74. The highest BCUT2D eigenvalue weighted by atomic mass is 32.2. The third kappa shape index (κ3) is 5.13. The van der Waals surface area contributed by atoms with E-state index in [0.29, 0.717) is 6.61 Å². The minimum absolute atomic E-state index is 0.124. The normalized spacial score (nSPS) is 12.5. The molecular formula is C15H24O2SSi. The molecule has 1 aromatic carbocycles. The second-order valence-corrected chi connectivity index (χ2v) is 12.0. The molecule has 1 rings (SSSR count). The summed E-state index contributed by atoms with van der Waals surface area (Å²) in [4.78, 5) is 11.9. The SMILES string of the molecule is CC(C)(C)[Si](C)(C)OCCSC(=O)c1ccccc1. The molecule has 0 unspecified atom stereocenters. The highest BCUT2D eigenvalue weighted by Crippen LogP contribution is 2.36. The Morgan fingerprint density at radius 2 is 1.79 bits per heavy atom. The zero-order valence-corrected chi connectivity index (χ0v) is 14.3. The van der Waals surface area contributed by atoms with E-state index in [1.165, 1.54) is 11.8 Å². The van der Waals surface area contributed by atoms with Gasteiger partial charge in [0, 0.05) is 17.9 Å². The van der Waals surface area contributed by atoms with Crippen molar-refractivity contribution in [3.05, 3.63) is 35.9 Å². The Morgan fingerprint density at radius 1 is 1.21 bits per heavy atom. The summed E-state index contributed by atoms with van der Waals surface area (Å²) in [5.41, 5.74) is 0.764. The molecule has 2 nitrogen and oxygen atoms in total. The predicted octanol–water partition coefficient (Wildman–Crippen LogP) is 4.58. The van der Waals surface area contributed by atoms with E-state index in [0.717, 1.165) is 11.3 Å². The zero-order chi connectivity index (χ0) is 14.5. The fourth-order valence-electron chi connectivity index (χ4n) is 1.31. The lowest BCUT2D eigenvalue weighted by atomic mass is 10.2. The molecule has 0 aliphatic rings. The maximum atomic E-state index is 11.9. The van der Waals surface area contributed by atoms with Gasteiger partial charge in [-0.2, -0.15) is 0 Å². The summed E-state index contributed by atoms with van der Waals surface area (Å²) >= 11 is 1.34. The van der Waals surface area contributed by atoms with Crippen LogP contribution in [0.2, 0.25) is 18.1 Å². The average Bonchev–Trinajstić information content (AvgIpc) is 2.34. The number of rotatable bonds is 5. The van der Waals surface area contributed by atoms with E-state index in [4.69, 9.17) is 4.43 Å². The Bertz CT molecular complexity index is 410. The van der Waals surface area contributed by atoms with Gasteiger partial charge in [0.2, 0.25) is 5.12 Å². The third-order valence-electron chi connectivity index (χ3n) is 3.60. The van der Waals surface area contributed by atoms with Crippen LogP contribution in [0.3, 0.4) is 0 Å². The van der Waals surface area contributed by atoms with Gasteiger partial charge in [-0.3, -0.25) is 4.79 Å². The van der Waals surface area contributed by atoms with Crippen LogP contribution in [0.1, 0.15) is 31.1 Å². The maximum absolute atomic E-state index is 11.9. The minimum Gasteiger partial charge on any atom is -0.416 e. The van der Waals surface area contributed by atoms with E-state index in [9.17, 15) is 4.79 Å². The first-order valence-electron chi connectivity index (χ1n) is 6.60. The minimum atomic E-state index is -1.68. The van der Waals surface area contributed by atoms with Crippen LogP contribution in [0.15, 0.2) is 30.3 Å². The summed E-state index contributed by atoms with van der Waals surface area (Å²) in [6.07, 6.45) is 0. The number of thioether (sulfide) groups is 1. The Morgan fingerprint density at radius 3 is 2.32 bits per heavy atom. The van der Waals surface area contributed by atoms with Crippen LogP contribution in [0, 0.1) is 0 Å². The number of hydrogen-bond donors (Lipinski definition) is 0. The van der Waals surface area contributed by atoms with Gasteiger partial charge in [0.05, 0.1) is 0 Å². The monoisotopic (exact) mass is 296 g/mol. The molecule has 0 aromatic heterocycles. The molecule has 0 aliphatic carbocycles. The largest absolute Gasteiger partial charge is 0.416 e. The summed E-state index contributed by atoms with van der Waals surface area (Å²) in [6.45, 7) is 11.8. The van der Waals surface area contributed by atoms with Crippen molar-refractivity contribution in [3.63, 3.8) is 0 Å². The van der Waals surface area contributed by atoms with Crippen LogP contribution in [0.4, 0.5) is 0 Å². The highest BCUT2D eigenvalue weighted by molar-refractivity contribution is 8.14. The van der Waals surface area contributed by atoms with Crippen LogP contribution < -0.4 is 0 Å². The van der Waals surface area contributed by atoms with Crippen molar-refractivity contribution in [3.8, 4) is 0 Å². The average molecular weight is 297 g/mol. The van der Waals surface area contributed by atoms with Crippen LogP contribution in [0.5, 0.6) is 0 Å². The molecule has 4 heteroatoms. The molecule has 106 valence electrons. The third-order valence-corrected chi connectivity index (χ3v) is 9.00. The van der Waals surface area contributed by atoms with E-state index >= 15 is 0 Å². The molecule has 0 amide bonds. The number of carbonyl (C=O) groups excluding carboxylic acids is 1. The van der Waals surface area contributed by atoms with Crippen molar-refractivity contribution in [2.24, 2.45) is 0 Å². The molecular weight excluding hydrogens is 272 g/mol. The molecule has 0 atom stereocenters. The van der Waals surface area contributed by atoms with Gasteiger partial charge in [-0.15, -0.1) is 0 Å². The number of hydrogen-bond acceptors (Lipinski definition) is 3. The van der Waals surface area contributed by atoms with Crippen molar-refractivity contribution in [1.29, 1.82) is 0 Å². The zero-order valence-electron chi connectivity index (χ0n) is 12.5. The van der Waals surface area contributed by atoms with E-state index in [1.54, 1.807) is 0 Å². The Labute approximate surface area is 122 Å².